The molecule has 0 saturated heterocycles. The Labute approximate surface area is 138 Å². The average molecular weight is 325 g/mol. The van der Waals surface area contributed by atoms with E-state index in [1.165, 1.54) is 12.1 Å². The van der Waals surface area contributed by atoms with Crippen molar-refractivity contribution in [2.45, 2.75) is 13.0 Å². The lowest BCUT2D eigenvalue weighted by atomic mass is 10.1. The maximum Gasteiger partial charge on any atom is 0.405 e. The van der Waals surface area contributed by atoms with E-state index in [2.05, 4.69) is 10.4 Å². The van der Waals surface area contributed by atoms with Gasteiger partial charge in [-0.3, -0.25) is 0 Å². The second-order valence-corrected chi connectivity index (χ2v) is 5.41. The number of benzene rings is 2. The minimum absolute atomic E-state index is 0.293. The van der Waals surface area contributed by atoms with E-state index in [0.29, 0.717) is 0 Å². The molecular weight excluding hydrogens is 309 g/mol. The molecule has 0 fully saturated rings. The van der Waals surface area contributed by atoms with Gasteiger partial charge in [-0.05, 0) is 42.8 Å². The van der Waals surface area contributed by atoms with E-state index in [1.54, 1.807) is 36.0 Å². The number of fused-ring (bicyclic) bond motifs is 1. The van der Waals surface area contributed by atoms with E-state index in [4.69, 9.17) is 5.11 Å². The van der Waals surface area contributed by atoms with Crippen molar-refractivity contribution in [1.29, 1.82) is 0 Å². The van der Waals surface area contributed by atoms with Crippen LogP contribution in [-0.2, 0) is 0 Å². The summed E-state index contributed by atoms with van der Waals surface area (Å²) in [5, 5.41) is 16.4. The molecule has 1 aromatic heterocycles. The van der Waals surface area contributed by atoms with E-state index in [1.807, 2.05) is 24.3 Å². The van der Waals surface area contributed by atoms with Crippen LogP contribution in [0, 0.1) is 5.82 Å². The second-order valence-electron chi connectivity index (χ2n) is 5.41. The number of nitrogens with one attached hydrogen (secondary N) is 1. The summed E-state index contributed by atoms with van der Waals surface area (Å²) in [6, 6.07) is 11.6. The highest BCUT2D eigenvalue weighted by molar-refractivity contribution is 5.89. The molecule has 1 amide bonds. The zero-order valence-electron chi connectivity index (χ0n) is 13.0. The summed E-state index contributed by atoms with van der Waals surface area (Å²) in [6.07, 6.45) is 4.32. The Balaban J connectivity index is 1.96. The number of carbonyl (C=O) groups is 1. The smallest absolute Gasteiger partial charge is 0.405 e. The lowest BCUT2D eigenvalue weighted by Gasteiger charge is -2.06. The molecule has 0 aliphatic heterocycles. The Morgan fingerprint density at radius 2 is 2.04 bits per heavy atom. The fraction of sp³-hybridized carbons (Fsp3) is 0.111. The van der Waals surface area contributed by atoms with Crippen LogP contribution in [0.4, 0.5) is 9.18 Å². The third kappa shape index (κ3) is 3.27. The van der Waals surface area contributed by atoms with Gasteiger partial charge in [-0.15, -0.1) is 0 Å². The largest absolute Gasteiger partial charge is 0.465 e. The summed E-state index contributed by atoms with van der Waals surface area (Å²) in [5.41, 5.74) is 2.59. The third-order valence-corrected chi connectivity index (χ3v) is 3.63. The van der Waals surface area contributed by atoms with Crippen molar-refractivity contribution in [2.24, 2.45) is 0 Å². The maximum atomic E-state index is 13.1. The minimum Gasteiger partial charge on any atom is -0.465 e. The summed E-state index contributed by atoms with van der Waals surface area (Å²) in [6.45, 7) is 1.76. The van der Waals surface area contributed by atoms with Crippen LogP contribution in [0.15, 0.2) is 54.7 Å². The molecule has 5 nitrogen and oxygen atoms in total. The van der Waals surface area contributed by atoms with Gasteiger partial charge < -0.3 is 10.4 Å². The SMILES string of the molecule is C[C@@H](/C=C/c1cccc2c1cnn2-c1ccc(F)cc1)NC(=O)O. The van der Waals surface area contributed by atoms with E-state index in [9.17, 15) is 9.18 Å². The minimum atomic E-state index is -1.06. The topological polar surface area (TPSA) is 67.2 Å². The van der Waals surface area contributed by atoms with Gasteiger partial charge in [-0.1, -0.05) is 24.3 Å². The molecule has 122 valence electrons. The van der Waals surface area contributed by atoms with Gasteiger partial charge >= 0.3 is 6.09 Å². The van der Waals surface area contributed by atoms with Crippen LogP contribution in [0.2, 0.25) is 0 Å². The average Bonchev–Trinajstić information content (AvgIpc) is 2.97. The van der Waals surface area contributed by atoms with Gasteiger partial charge in [0.25, 0.3) is 0 Å². The Morgan fingerprint density at radius 3 is 2.75 bits per heavy atom. The van der Waals surface area contributed by atoms with E-state index < -0.39 is 6.09 Å². The van der Waals surface area contributed by atoms with E-state index in [0.717, 1.165) is 22.2 Å². The number of rotatable bonds is 4. The fourth-order valence-corrected chi connectivity index (χ4v) is 2.50. The molecule has 24 heavy (non-hydrogen) atoms. The Kier molecular flexibility index (Phi) is 4.29. The maximum absolute atomic E-state index is 13.1. The lowest BCUT2D eigenvalue weighted by molar-refractivity contribution is 0.193. The zero-order valence-corrected chi connectivity index (χ0v) is 13.0. The van der Waals surface area contributed by atoms with Crippen LogP contribution >= 0.6 is 0 Å². The molecule has 0 aliphatic rings. The summed E-state index contributed by atoms with van der Waals surface area (Å²) in [7, 11) is 0. The van der Waals surface area contributed by atoms with Crippen molar-refractivity contribution in [3.8, 4) is 5.69 Å². The quantitative estimate of drug-likeness (QED) is 0.766. The van der Waals surface area contributed by atoms with Crippen molar-refractivity contribution in [2.75, 3.05) is 0 Å². The molecule has 0 saturated carbocycles. The van der Waals surface area contributed by atoms with Gasteiger partial charge in [0, 0.05) is 11.4 Å². The molecule has 6 heteroatoms. The van der Waals surface area contributed by atoms with Crippen LogP contribution in [-0.4, -0.2) is 27.0 Å². The molecule has 3 aromatic rings. The molecule has 2 aromatic carbocycles. The van der Waals surface area contributed by atoms with Crippen LogP contribution in [0.3, 0.4) is 0 Å². The van der Waals surface area contributed by atoms with Gasteiger partial charge in [0.1, 0.15) is 5.82 Å². The normalized spacial score (nSPS) is 12.6. The number of amides is 1. The second kappa shape index (κ2) is 6.54. The molecule has 1 atom stereocenters. The highest BCUT2D eigenvalue weighted by Crippen LogP contribution is 2.23. The van der Waals surface area contributed by atoms with Gasteiger partial charge in [-0.25, -0.2) is 13.9 Å². The van der Waals surface area contributed by atoms with Gasteiger partial charge in [0.05, 0.1) is 17.4 Å². The number of hydrogen-bond acceptors (Lipinski definition) is 2. The van der Waals surface area contributed by atoms with Crippen LogP contribution in [0.25, 0.3) is 22.7 Å². The summed E-state index contributed by atoms with van der Waals surface area (Å²) < 4.78 is 14.8. The first-order valence-corrected chi connectivity index (χ1v) is 7.45. The van der Waals surface area contributed by atoms with Gasteiger partial charge in [-0.2, -0.15) is 5.10 Å². The molecule has 2 N–H and O–H groups in total. The molecule has 1 heterocycles. The Morgan fingerprint density at radius 1 is 1.29 bits per heavy atom. The lowest BCUT2D eigenvalue weighted by Crippen LogP contribution is -2.29. The van der Waals surface area contributed by atoms with Crippen molar-refractivity contribution >= 4 is 23.1 Å². The first kappa shape index (κ1) is 15.7. The number of halogens is 1. The summed E-state index contributed by atoms with van der Waals surface area (Å²) >= 11 is 0. The molecule has 0 radical (unpaired) electrons. The van der Waals surface area contributed by atoms with Crippen molar-refractivity contribution in [1.82, 2.24) is 15.1 Å². The van der Waals surface area contributed by atoms with Gasteiger partial charge in [0.2, 0.25) is 0 Å². The predicted molar refractivity (Wildman–Crippen MR) is 90.7 cm³/mol. The molecule has 3 rings (SSSR count). The fourth-order valence-electron chi connectivity index (χ4n) is 2.50. The molecule has 0 spiro atoms. The van der Waals surface area contributed by atoms with Crippen molar-refractivity contribution < 1.29 is 14.3 Å². The number of carboxylic acid groups (broad SMARTS) is 1. The van der Waals surface area contributed by atoms with E-state index >= 15 is 0 Å². The molecular formula is C18H16FN3O2. The zero-order chi connectivity index (χ0) is 17.1. The van der Waals surface area contributed by atoms with Gasteiger partial charge in [0.15, 0.2) is 0 Å². The predicted octanol–water partition coefficient (Wildman–Crippen LogP) is 3.83. The molecule has 0 aliphatic carbocycles. The Hall–Kier alpha value is -3.15. The summed E-state index contributed by atoms with van der Waals surface area (Å²) in [4.78, 5) is 10.6. The number of nitrogens with zero attached hydrogens (tertiary/aromatic N) is 2. The third-order valence-electron chi connectivity index (χ3n) is 3.63. The number of aromatic nitrogens is 2. The molecule has 0 bridgehead atoms. The van der Waals surface area contributed by atoms with Crippen LogP contribution in [0.1, 0.15) is 12.5 Å². The van der Waals surface area contributed by atoms with Crippen LogP contribution in [0.5, 0.6) is 0 Å². The summed E-state index contributed by atoms with van der Waals surface area (Å²) in [5.74, 6) is -0.293. The first-order chi connectivity index (χ1) is 11.5. The first-order valence-electron chi connectivity index (χ1n) is 7.45. The number of hydrogen-bond donors (Lipinski definition) is 2. The molecule has 0 unspecified atom stereocenters. The monoisotopic (exact) mass is 325 g/mol. The van der Waals surface area contributed by atoms with Crippen LogP contribution < -0.4 is 5.32 Å². The highest BCUT2D eigenvalue weighted by Gasteiger charge is 2.08. The van der Waals surface area contributed by atoms with Crippen molar-refractivity contribution in [3.63, 3.8) is 0 Å². The van der Waals surface area contributed by atoms with E-state index in [-0.39, 0.29) is 11.9 Å². The Bertz CT molecular complexity index is 900. The van der Waals surface area contributed by atoms with Crippen molar-refractivity contribution in [3.05, 3.63) is 66.1 Å². The standard InChI is InChI=1S/C18H16FN3O2/c1-12(21-18(23)24)5-6-13-3-2-4-17-16(13)11-20-22(17)15-9-7-14(19)8-10-15/h2-12,21H,1H3,(H,23,24)/b6-5+/t12-/m0/s1. The highest BCUT2D eigenvalue weighted by atomic mass is 19.1.